The number of anilines is 6. The third-order valence-electron chi connectivity index (χ3n) is 9.89. The van der Waals surface area contributed by atoms with Crippen LogP contribution in [-0.4, -0.2) is 0 Å². The maximum absolute atomic E-state index is 2.30. The maximum Gasteiger partial charge on any atom is 0.0462 e. The fourth-order valence-corrected chi connectivity index (χ4v) is 6.92. The van der Waals surface area contributed by atoms with Crippen LogP contribution in [-0.2, 0) is 0 Å². The Bertz CT molecular complexity index is 2400. The average molecular weight is 745 g/mol. The van der Waals surface area contributed by atoms with Crippen LogP contribution in [0.15, 0.2) is 243 Å². The second kappa shape index (κ2) is 18.8. The van der Waals surface area contributed by atoms with Crippen LogP contribution in [0, 0.1) is 0 Å². The number of hydrogen-bond acceptors (Lipinski definition) is 2. The van der Waals surface area contributed by atoms with Gasteiger partial charge in [-0.15, -0.1) is 0 Å². The molecule has 8 aromatic carbocycles. The summed E-state index contributed by atoms with van der Waals surface area (Å²) in [7, 11) is 0. The van der Waals surface area contributed by atoms with Gasteiger partial charge in [0.25, 0.3) is 0 Å². The van der Waals surface area contributed by atoms with Gasteiger partial charge in [0.15, 0.2) is 0 Å². The molecule has 0 fully saturated rings. The first-order valence-corrected chi connectivity index (χ1v) is 19.7. The van der Waals surface area contributed by atoms with Crippen LogP contribution in [0.4, 0.5) is 34.1 Å². The zero-order chi connectivity index (χ0) is 39.2. The molecule has 2 nitrogen and oxygen atoms in total. The average Bonchev–Trinajstić information content (AvgIpc) is 3.30. The quantitative estimate of drug-likeness (QED) is 0.108. The molecule has 278 valence electrons. The Hall–Kier alpha value is -7.68. The lowest BCUT2D eigenvalue weighted by atomic mass is 10.0. The molecule has 0 atom stereocenters. The van der Waals surface area contributed by atoms with Crippen molar-refractivity contribution in [1.82, 2.24) is 0 Å². The van der Waals surface area contributed by atoms with Gasteiger partial charge < -0.3 is 9.80 Å². The van der Waals surface area contributed by atoms with Crippen molar-refractivity contribution in [2.75, 3.05) is 9.80 Å². The molecule has 0 heterocycles. The Kier molecular flexibility index (Phi) is 12.1. The van der Waals surface area contributed by atoms with Gasteiger partial charge in [0, 0.05) is 34.1 Å². The molecule has 58 heavy (non-hydrogen) atoms. The van der Waals surface area contributed by atoms with E-state index >= 15 is 0 Å². The van der Waals surface area contributed by atoms with Gasteiger partial charge in [-0.25, -0.2) is 0 Å². The molecule has 0 unspecified atom stereocenters. The van der Waals surface area contributed by atoms with Crippen LogP contribution in [0.5, 0.6) is 0 Å². The molecule has 0 N–H and O–H groups in total. The van der Waals surface area contributed by atoms with Gasteiger partial charge in [0.2, 0.25) is 0 Å². The highest BCUT2D eigenvalue weighted by Crippen LogP contribution is 2.38. The smallest absolute Gasteiger partial charge is 0.0462 e. The Labute approximate surface area is 343 Å². The van der Waals surface area contributed by atoms with E-state index in [1.807, 2.05) is 12.1 Å². The normalized spacial score (nSPS) is 11.5. The SMILES string of the molecule is C(=C/c1ccc(N(c2ccccc2)c2ccc(-c3ccc(N(c4ccccc4)c4ccc(/C=C/C=C\c5ccccc5)cc4)cc3)cc2)cc1)/C=C/c1ccccc1. The minimum Gasteiger partial charge on any atom is -0.311 e. The summed E-state index contributed by atoms with van der Waals surface area (Å²) in [6.45, 7) is 0. The summed E-state index contributed by atoms with van der Waals surface area (Å²) in [6.07, 6.45) is 16.8. The number of allylic oxidation sites excluding steroid dienone is 4. The van der Waals surface area contributed by atoms with Gasteiger partial charge in [-0.3, -0.25) is 0 Å². The fourth-order valence-electron chi connectivity index (χ4n) is 6.92. The summed E-state index contributed by atoms with van der Waals surface area (Å²) in [6, 6.07) is 76.9. The molecule has 0 radical (unpaired) electrons. The summed E-state index contributed by atoms with van der Waals surface area (Å²) < 4.78 is 0. The number of rotatable bonds is 13. The van der Waals surface area contributed by atoms with Crippen molar-refractivity contribution < 1.29 is 0 Å². The third kappa shape index (κ3) is 9.57. The monoisotopic (exact) mass is 744 g/mol. The van der Waals surface area contributed by atoms with E-state index < -0.39 is 0 Å². The van der Waals surface area contributed by atoms with Crippen molar-refractivity contribution in [3.63, 3.8) is 0 Å². The maximum atomic E-state index is 2.30. The van der Waals surface area contributed by atoms with Gasteiger partial charge in [-0.05, 0) is 106 Å². The number of benzene rings is 8. The molecule has 8 rings (SSSR count). The Morgan fingerprint density at radius 3 is 0.724 bits per heavy atom. The minimum absolute atomic E-state index is 1.10. The lowest BCUT2D eigenvalue weighted by Crippen LogP contribution is -2.10. The summed E-state index contributed by atoms with van der Waals surface area (Å²) in [5, 5.41) is 0. The molecule has 0 aliphatic rings. The van der Waals surface area contributed by atoms with Gasteiger partial charge >= 0.3 is 0 Å². The van der Waals surface area contributed by atoms with Crippen molar-refractivity contribution in [2.45, 2.75) is 0 Å². The molecule has 0 bridgehead atoms. The predicted molar refractivity (Wildman–Crippen MR) is 250 cm³/mol. The lowest BCUT2D eigenvalue weighted by Gasteiger charge is -2.26. The van der Waals surface area contributed by atoms with Crippen molar-refractivity contribution >= 4 is 58.4 Å². The zero-order valence-corrected chi connectivity index (χ0v) is 32.3. The molecular formula is C56H44N2. The topological polar surface area (TPSA) is 6.48 Å². The van der Waals surface area contributed by atoms with E-state index in [0.717, 1.165) is 56.4 Å². The van der Waals surface area contributed by atoms with E-state index in [4.69, 9.17) is 0 Å². The molecular weight excluding hydrogens is 701 g/mol. The Morgan fingerprint density at radius 1 is 0.207 bits per heavy atom. The standard InChI is InChI=1S/C56H44N2/c1-5-17-45(18-6-1)21-13-15-23-47-29-37-53(38-30-47)57(51-25-9-3-10-26-51)55-41-33-49(34-42-55)50-35-43-56(44-36-50)58(52-27-11-4-12-28-52)54-39-31-48(32-40-54)24-16-14-22-46-19-7-2-8-20-46/h1-44H/b21-13-,22-14+,23-15+,24-16-. The highest BCUT2D eigenvalue weighted by Gasteiger charge is 2.14. The fraction of sp³-hybridized carbons (Fsp3) is 0. The highest BCUT2D eigenvalue weighted by atomic mass is 15.1. The van der Waals surface area contributed by atoms with Crippen LogP contribution in [0.25, 0.3) is 35.4 Å². The number of nitrogens with zero attached hydrogens (tertiary/aromatic N) is 2. The second-order valence-corrected chi connectivity index (χ2v) is 13.9. The largest absolute Gasteiger partial charge is 0.311 e. The molecule has 0 spiro atoms. The zero-order valence-electron chi connectivity index (χ0n) is 32.3. The van der Waals surface area contributed by atoms with Crippen LogP contribution in [0.2, 0.25) is 0 Å². The van der Waals surface area contributed by atoms with E-state index in [1.54, 1.807) is 0 Å². The van der Waals surface area contributed by atoms with Crippen molar-refractivity contribution in [3.8, 4) is 11.1 Å². The third-order valence-corrected chi connectivity index (χ3v) is 9.89. The van der Waals surface area contributed by atoms with Crippen LogP contribution in [0.3, 0.4) is 0 Å². The summed E-state index contributed by atoms with van der Waals surface area (Å²) in [5.74, 6) is 0. The predicted octanol–water partition coefficient (Wildman–Crippen LogP) is 15.7. The number of para-hydroxylation sites is 2. The summed E-state index contributed by atoms with van der Waals surface area (Å²) in [4.78, 5) is 4.60. The van der Waals surface area contributed by atoms with Gasteiger partial charge in [-0.2, -0.15) is 0 Å². The van der Waals surface area contributed by atoms with Crippen LogP contribution >= 0.6 is 0 Å². The van der Waals surface area contributed by atoms with E-state index in [1.165, 1.54) is 11.1 Å². The Morgan fingerprint density at radius 2 is 0.431 bits per heavy atom. The molecule has 0 saturated heterocycles. The van der Waals surface area contributed by atoms with E-state index in [2.05, 4.69) is 265 Å². The molecule has 8 aromatic rings. The first-order chi connectivity index (χ1) is 28.8. The minimum atomic E-state index is 1.10. The highest BCUT2D eigenvalue weighted by molar-refractivity contribution is 5.81. The molecule has 0 aromatic heterocycles. The van der Waals surface area contributed by atoms with E-state index in [-0.39, 0.29) is 0 Å². The van der Waals surface area contributed by atoms with Crippen LogP contribution < -0.4 is 9.80 Å². The van der Waals surface area contributed by atoms with E-state index in [9.17, 15) is 0 Å². The molecule has 0 saturated carbocycles. The van der Waals surface area contributed by atoms with Crippen molar-refractivity contribution in [1.29, 1.82) is 0 Å². The first kappa shape index (κ1) is 37.3. The summed E-state index contributed by atoms with van der Waals surface area (Å²) in [5.41, 5.74) is 13.6. The first-order valence-electron chi connectivity index (χ1n) is 19.7. The molecule has 0 amide bonds. The molecule has 0 aliphatic carbocycles. The van der Waals surface area contributed by atoms with Gasteiger partial charge in [0.1, 0.15) is 0 Å². The second-order valence-electron chi connectivity index (χ2n) is 13.9. The Balaban J connectivity index is 0.994. The summed E-state index contributed by atoms with van der Waals surface area (Å²) >= 11 is 0. The van der Waals surface area contributed by atoms with Gasteiger partial charge in [0.05, 0.1) is 0 Å². The molecule has 0 aliphatic heterocycles. The van der Waals surface area contributed by atoms with Gasteiger partial charge in [-0.1, -0.05) is 194 Å². The lowest BCUT2D eigenvalue weighted by molar-refractivity contribution is 1.28. The van der Waals surface area contributed by atoms with E-state index in [0.29, 0.717) is 0 Å². The molecule has 2 heteroatoms. The van der Waals surface area contributed by atoms with Crippen molar-refractivity contribution in [3.05, 3.63) is 265 Å². The van der Waals surface area contributed by atoms with Crippen molar-refractivity contribution in [2.24, 2.45) is 0 Å². The van der Waals surface area contributed by atoms with Crippen LogP contribution in [0.1, 0.15) is 22.3 Å². The number of hydrogen-bond donors (Lipinski definition) is 0.